The molecule has 0 amide bonds. The average Bonchev–Trinajstić information content (AvgIpc) is 2.74. The van der Waals surface area contributed by atoms with Gasteiger partial charge in [-0.25, -0.2) is 0 Å². The number of ether oxygens (including phenoxy) is 2. The molecule has 1 aromatic heterocycles. The van der Waals surface area contributed by atoms with Gasteiger partial charge < -0.3 is 19.6 Å². The van der Waals surface area contributed by atoms with Gasteiger partial charge in [0.05, 0.1) is 19.8 Å². The maximum absolute atomic E-state index is 11.4. The van der Waals surface area contributed by atoms with Gasteiger partial charge in [-0.05, 0) is 12.1 Å². The zero-order chi connectivity index (χ0) is 12.0. The molecular weight excluding hydrogens is 222 g/mol. The Morgan fingerprint density at radius 3 is 3.12 bits per heavy atom. The molecule has 17 heavy (non-hydrogen) atoms. The van der Waals surface area contributed by atoms with Crippen molar-refractivity contribution in [3.8, 4) is 11.5 Å². The fourth-order valence-electron chi connectivity index (χ4n) is 2.10. The standard InChI is InChI=1S/C12H11NO4/c1-15-12-10-6(2-3-16-10)4-7-8(13)5-9(14)17-11(7)12/h2-4,8H,5,13H2,1H3. The minimum absolute atomic E-state index is 0.180. The zero-order valence-corrected chi connectivity index (χ0v) is 9.23. The van der Waals surface area contributed by atoms with E-state index in [-0.39, 0.29) is 18.4 Å². The predicted octanol–water partition coefficient (Wildman–Crippen LogP) is 1.75. The fraction of sp³-hybridized carbons (Fsp3) is 0.250. The topological polar surface area (TPSA) is 74.7 Å². The fourth-order valence-corrected chi connectivity index (χ4v) is 2.10. The molecule has 2 aromatic rings. The number of furan rings is 1. The molecule has 1 aliphatic rings. The Hall–Kier alpha value is -2.01. The van der Waals surface area contributed by atoms with Gasteiger partial charge in [0.15, 0.2) is 11.3 Å². The van der Waals surface area contributed by atoms with E-state index in [1.54, 1.807) is 6.26 Å². The monoisotopic (exact) mass is 233 g/mol. The number of carbonyl (C=O) groups excluding carboxylic acids is 1. The van der Waals surface area contributed by atoms with Crippen LogP contribution in [0.25, 0.3) is 11.0 Å². The first kappa shape index (κ1) is 10.2. The predicted molar refractivity (Wildman–Crippen MR) is 59.9 cm³/mol. The molecule has 1 unspecified atom stereocenters. The SMILES string of the molecule is COc1c2c(cc3ccoc13)C(N)CC(=O)O2. The third-order valence-corrected chi connectivity index (χ3v) is 2.89. The summed E-state index contributed by atoms with van der Waals surface area (Å²) in [6.07, 6.45) is 1.74. The molecule has 1 aliphatic heterocycles. The van der Waals surface area contributed by atoms with E-state index in [0.717, 1.165) is 10.9 Å². The Labute approximate surface area is 97.1 Å². The van der Waals surface area contributed by atoms with Crippen LogP contribution in [0.5, 0.6) is 11.5 Å². The number of fused-ring (bicyclic) bond motifs is 2. The summed E-state index contributed by atoms with van der Waals surface area (Å²) in [5, 5.41) is 0.883. The van der Waals surface area contributed by atoms with Crippen LogP contribution in [0.4, 0.5) is 0 Å². The lowest BCUT2D eigenvalue weighted by atomic mass is 9.99. The van der Waals surface area contributed by atoms with Crippen molar-refractivity contribution in [1.82, 2.24) is 0 Å². The maximum atomic E-state index is 11.4. The van der Waals surface area contributed by atoms with Crippen molar-refractivity contribution in [3.63, 3.8) is 0 Å². The van der Waals surface area contributed by atoms with Crippen molar-refractivity contribution in [1.29, 1.82) is 0 Å². The number of hydrogen-bond acceptors (Lipinski definition) is 5. The highest BCUT2D eigenvalue weighted by atomic mass is 16.6. The first-order valence-electron chi connectivity index (χ1n) is 5.25. The third-order valence-electron chi connectivity index (χ3n) is 2.89. The van der Waals surface area contributed by atoms with Crippen molar-refractivity contribution in [3.05, 3.63) is 24.0 Å². The second-order valence-corrected chi connectivity index (χ2v) is 3.95. The summed E-state index contributed by atoms with van der Waals surface area (Å²) < 4.78 is 15.8. The average molecular weight is 233 g/mol. The number of nitrogens with two attached hydrogens (primary N) is 1. The van der Waals surface area contributed by atoms with E-state index in [4.69, 9.17) is 19.6 Å². The molecule has 0 saturated heterocycles. The summed E-state index contributed by atoms with van der Waals surface area (Å²) in [6, 6.07) is 3.33. The number of methoxy groups -OCH3 is 1. The lowest BCUT2D eigenvalue weighted by Crippen LogP contribution is -2.25. The van der Waals surface area contributed by atoms with Gasteiger partial charge in [0.1, 0.15) is 0 Å². The minimum Gasteiger partial charge on any atom is -0.490 e. The van der Waals surface area contributed by atoms with Crippen molar-refractivity contribution in [2.45, 2.75) is 12.5 Å². The van der Waals surface area contributed by atoms with Crippen LogP contribution < -0.4 is 15.2 Å². The molecule has 88 valence electrons. The van der Waals surface area contributed by atoms with Crippen LogP contribution >= 0.6 is 0 Å². The largest absolute Gasteiger partial charge is 0.490 e. The molecule has 5 heteroatoms. The Morgan fingerprint density at radius 1 is 1.53 bits per heavy atom. The molecule has 0 spiro atoms. The van der Waals surface area contributed by atoms with Crippen molar-refractivity contribution >= 4 is 16.9 Å². The Bertz CT molecular complexity index is 602. The van der Waals surface area contributed by atoms with Gasteiger partial charge in [-0.1, -0.05) is 0 Å². The van der Waals surface area contributed by atoms with Crippen molar-refractivity contribution < 1.29 is 18.7 Å². The van der Waals surface area contributed by atoms with Crippen molar-refractivity contribution in [2.24, 2.45) is 5.73 Å². The molecule has 0 saturated carbocycles. The van der Waals surface area contributed by atoms with E-state index < -0.39 is 0 Å². The van der Waals surface area contributed by atoms with Crippen molar-refractivity contribution in [2.75, 3.05) is 7.11 Å². The van der Waals surface area contributed by atoms with Gasteiger partial charge >= 0.3 is 5.97 Å². The Kier molecular flexibility index (Phi) is 2.09. The quantitative estimate of drug-likeness (QED) is 0.600. The number of rotatable bonds is 1. The Balaban J connectivity index is 2.34. The van der Waals surface area contributed by atoms with Gasteiger partial charge in [0.2, 0.25) is 5.75 Å². The molecule has 0 fully saturated rings. The van der Waals surface area contributed by atoms with Crippen LogP contribution in [0.3, 0.4) is 0 Å². The van der Waals surface area contributed by atoms with E-state index in [2.05, 4.69) is 0 Å². The summed E-state index contributed by atoms with van der Waals surface area (Å²) in [6.45, 7) is 0. The molecule has 5 nitrogen and oxygen atoms in total. The lowest BCUT2D eigenvalue weighted by molar-refractivity contribution is -0.136. The molecule has 0 radical (unpaired) electrons. The van der Waals surface area contributed by atoms with Gasteiger partial charge in [-0.2, -0.15) is 0 Å². The van der Waals surface area contributed by atoms with Crippen LogP contribution in [0, 0.1) is 0 Å². The second kappa shape index (κ2) is 3.49. The number of benzene rings is 1. The van der Waals surface area contributed by atoms with Gasteiger partial charge in [-0.15, -0.1) is 0 Å². The summed E-state index contributed by atoms with van der Waals surface area (Å²) in [5.74, 6) is 0.443. The normalized spacial score (nSPS) is 18.9. The smallest absolute Gasteiger partial charge is 0.313 e. The Morgan fingerprint density at radius 2 is 2.35 bits per heavy atom. The second-order valence-electron chi connectivity index (χ2n) is 3.95. The lowest BCUT2D eigenvalue weighted by Gasteiger charge is -2.22. The van der Waals surface area contributed by atoms with E-state index in [0.29, 0.717) is 17.1 Å². The van der Waals surface area contributed by atoms with Crippen LogP contribution in [-0.4, -0.2) is 13.1 Å². The molecule has 1 aromatic carbocycles. The van der Waals surface area contributed by atoms with Crippen LogP contribution in [0.15, 0.2) is 22.8 Å². The van der Waals surface area contributed by atoms with E-state index >= 15 is 0 Å². The molecule has 0 bridgehead atoms. The van der Waals surface area contributed by atoms with E-state index in [1.165, 1.54) is 7.11 Å². The number of hydrogen-bond donors (Lipinski definition) is 1. The number of esters is 1. The van der Waals surface area contributed by atoms with Crippen LogP contribution in [0.2, 0.25) is 0 Å². The van der Waals surface area contributed by atoms with Crippen LogP contribution in [-0.2, 0) is 4.79 Å². The molecule has 1 atom stereocenters. The highest BCUT2D eigenvalue weighted by Crippen LogP contribution is 2.44. The molecule has 3 rings (SSSR count). The number of carbonyl (C=O) groups is 1. The molecule has 2 N–H and O–H groups in total. The van der Waals surface area contributed by atoms with Gasteiger partial charge in [0, 0.05) is 17.0 Å². The van der Waals surface area contributed by atoms with Gasteiger partial charge in [0.25, 0.3) is 0 Å². The van der Waals surface area contributed by atoms with E-state index in [1.807, 2.05) is 12.1 Å². The zero-order valence-electron chi connectivity index (χ0n) is 9.23. The third kappa shape index (κ3) is 1.39. The minimum atomic E-state index is -0.362. The first-order chi connectivity index (χ1) is 8.20. The van der Waals surface area contributed by atoms with Crippen LogP contribution in [0.1, 0.15) is 18.0 Å². The first-order valence-corrected chi connectivity index (χ1v) is 5.25. The summed E-state index contributed by atoms with van der Waals surface area (Å²) in [5.41, 5.74) is 7.27. The summed E-state index contributed by atoms with van der Waals surface area (Å²) >= 11 is 0. The highest BCUT2D eigenvalue weighted by molar-refractivity contribution is 5.90. The van der Waals surface area contributed by atoms with E-state index in [9.17, 15) is 4.79 Å². The molecular formula is C12H11NO4. The summed E-state index contributed by atoms with van der Waals surface area (Å²) in [4.78, 5) is 11.4. The summed E-state index contributed by atoms with van der Waals surface area (Å²) in [7, 11) is 1.51. The molecule has 0 aliphatic carbocycles. The molecule has 2 heterocycles. The highest BCUT2D eigenvalue weighted by Gasteiger charge is 2.29. The van der Waals surface area contributed by atoms with Gasteiger partial charge in [-0.3, -0.25) is 4.79 Å². The maximum Gasteiger partial charge on any atom is 0.313 e.